The summed E-state index contributed by atoms with van der Waals surface area (Å²) in [6.45, 7) is 6.08. The Morgan fingerprint density at radius 1 is 0.800 bits per heavy atom. The molecule has 6 atom stereocenters. The number of carbonyl (C=O) groups is 2. The van der Waals surface area contributed by atoms with Gasteiger partial charge in [-0.15, -0.1) is 0 Å². The number of ether oxygens (including phenoxy) is 2. The number of carboxylic acid groups (broad SMARTS) is 2. The van der Waals surface area contributed by atoms with Crippen molar-refractivity contribution in [2.75, 3.05) is 6.61 Å². The van der Waals surface area contributed by atoms with Crippen molar-refractivity contribution in [2.24, 2.45) is 11.8 Å². The molecule has 0 saturated heterocycles. The van der Waals surface area contributed by atoms with Gasteiger partial charge in [0.1, 0.15) is 34.2 Å². The van der Waals surface area contributed by atoms with Crippen molar-refractivity contribution in [3.63, 3.8) is 0 Å². The Hall–Kier alpha value is -4.02. The van der Waals surface area contributed by atoms with E-state index in [1.165, 1.54) is 0 Å². The average molecular weight is 691 g/mol. The lowest BCUT2D eigenvalue weighted by molar-refractivity contribution is -0.134. The van der Waals surface area contributed by atoms with E-state index in [1.54, 1.807) is 30.4 Å². The van der Waals surface area contributed by atoms with Crippen molar-refractivity contribution in [3.05, 3.63) is 69.8 Å². The van der Waals surface area contributed by atoms with Crippen LogP contribution < -0.4 is 9.47 Å². The zero-order chi connectivity index (χ0) is 36.0. The van der Waals surface area contributed by atoms with Gasteiger partial charge < -0.3 is 40.1 Å². The van der Waals surface area contributed by atoms with E-state index in [0.717, 1.165) is 24.8 Å². The zero-order valence-corrected chi connectivity index (χ0v) is 29.2. The van der Waals surface area contributed by atoms with E-state index >= 15 is 0 Å². The van der Waals surface area contributed by atoms with Crippen LogP contribution in [0.15, 0.2) is 47.6 Å². The van der Waals surface area contributed by atoms with Gasteiger partial charge >= 0.3 is 11.9 Å². The predicted molar refractivity (Wildman–Crippen MR) is 186 cm³/mol. The number of rotatable bonds is 12. The molecule has 0 saturated carbocycles. The molecule has 50 heavy (non-hydrogen) atoms. The molecule has 2 aliphatic carbocycles. The van der Waals surface area contributed by atoms with Crippen LogP contribution in [0, 0.1) is 11.8 Å². The Labute approximate surface area is 293 Å². The molecule has 0 radical (unpaired) electrons. The summed E-state index contributed by atoms with van der Waals surface area (Å²) >= 11 is 0. The number of allylic oxidation sites excluding steroid dienone is 2. The minimum Gasteiger partial charge on any atom is -0.507 e. The fourth-order valence-electron chi connectivity index (χ4n) is 9.04. The van der Waals surface area contributed by atoms with Crippen LogP contribution in [0.1, 0.15) is 125 Å². The summed E-state index contributed by atoms with van der Waals surface area (Å²) in [4.78, 5) is 23.7. The third-order valence-electron chi connectivity index (χ3n) is 11.7. The molecule has 0 spiro atoms. The van der Waals surface area contributed by atoms with E-state index in [9.17, 15) is 40.2 Å². The molecular weight excluding hydrogens is 640 g/mol. The number of hydrogen-bond acceptors (Lipinski definition) is 8. The maximum Gasteiger partial charge on any atom is 0.331 e. The summed E-state index contributed by atoms with van der Waals surface area (Å²) in [6, 6.07) is 6.96. The first-order valence-corrected chi connectivity index (χ1v) is 18.0. The molecule has 0 bridgehead atoms. The van der Waals surface area contributed by atoms with Crippen molar-refractivity contribution in [2.45, 2.75) is 121 Å². The first kappa shape index (κ1) is 35.8. The summed E-state index contributed by atoms with van der Waals surface area (Å²) < 4.78 is 13.1. The summed E-state index contributed by atoms with van der Waals surface area (Å²) in [5, 5.41) is 62.1. The number of hydrogen-bond donors (Lipinski definition) is 6. The number of benzene rings is 2. The Balaban J connectivity index is 1.13. The highest BCUT2D eigenvalue weighted by Gasteiger charge is 2.49. The van der Waals surface area contributed by atoms with E-state index in [4.69, 9.17) is 9.47 Å². The number of aliphatic hydroxyl groups excluding tert-OH is 2. The lowest BCUT2D eigenvalue weighted by Crippen LogP contribution is -2.48. The van der Waals surface area contributed by atoms with E-state index < -0.39 is 29.2 Å². The predicted octanol–water partition coefficient (Wildman–Crippen LogP) is 7.04. The molecule has 0 fully saturated rings. The normalized spacial score (nSPS) is 26.8. The second-order valence-electron chi connectivity index (χ2n) is 15.4. The molecule has 10 heteroatoms. The van der Waals surface area contributed by atoms with Crippen LogP contribution in [0.5, 0.6) is 23.0 Å². The molecule has 2 unspecified atom stereocenters. The highest BCUT2D eigenvalue weighted by atomic mass is 16.5. The van der Waals surface area contributed by atoms with Crippen molar-refractivity contribution >= 4 is 11.9 Å². The number of phenolic OH excluding ortho intramolecular Hbond substituents is 2. The van der Waals surface area contributed by atoms with Crippen molar-refractivity contribution in [1.29, 1.82) is 0 Å². The van der Waals surface area contributed by atoms with Crippen LogP contribution in [0.2, 0.25) is 0 Å². The lowest BCUT2D eigenvalue weighted by Gasteiger charge is -2.48. The van der Waals surface area contributed by atoms with E-state index in [1.807, 2.05) is 19.9 Å². The van der Waals surface area contributed by atoms with Gasteiger partial charge in [-0.25, -0.2) is 9.59 Å². The molecule has 2 aliphatic heterocycles. The summed E-state index contributed by atoms with van der Waals surface area (Å²) in [7, 11) is 0. The van der Waals surface area contributed by atoms with Gasteiger partial charge in [0.2, 0.25) is 0 Å². The zero-order valence-electron chi connectivity index (χ0n) is 29.2. The summed E-state index contributed by atoms with van der Waals surface area (Å²) in [6.07, 6.45) is 9.51. The SMILES string of the molecule is CC1(C)Oc2cc(C(O)CCCCCC3(C)Oc4cc(CCCO)cc(O)c4[C@@H]4C=C(C(=O)O)CC[C@H]43)cc(O)c2[C@@H]2C=C(C(=O)O)CC[C@H]21. The summed E-state index contributed by atoms with van der Waals surface area (Å²) in [5.41, 5.74) is 2.12. The molecule has 2 heterocycles. The topological polar surface area (TPSA) is 174 Å². The standard InChI is InChI=1S/C40H50O10/c1-39(2)28-12-10-23(37(45)46)18-26(28)35-32(44)20-25(21-34(35)49-39)30(42)9-5-4-6-14-40(3)29-13-11-24(38(47)48)19-27(29)36-31(43)16-22(8-7-15-41)17-33(36)50-40/h16-21,26-30,41-44H,4-15H2,1-3H3,(H,45,46)(H,47,48)/t26-,27-,28-,29-,30?,40?/m1/s1. The molecule has 6 rings (SSSR count). The van der Waals surface area contributed by atoms with Crippen molar-refractivity contribution in [3.8, 4) is 23.0 Å². The first-order chi connectivity index (χ1) is 23.7. The third kappa shape index (κ3) is 6.84. The van der Waals surface area contributed by atoms with E-state index in [0.29, 0.717) is 90.7 Å². The van der Waals surface area contributed by atoms with Crippen molar-refractivity contribution < 1.29 is 49.7 Å². The fraction of sp³-hybridized carbons (Fsp3) is 0.550. The van der Waals surface area contributed by atoms with E-state index in [-0.39, 0.29) is 41.8 Å². The minimum atomic E-state index is -0.944. The quantitative estimate of drug-likeness (QED) is 0.127. The van der Waals surface area contributed by atoms with Gasteiger partial charge in [0, 0.05) is 52.6 Å². The Morgan fingerprint density at radius 2 is 1.40 bits per heavy atom. The van der Waals surface area contributed by atoms with Crippen LogP contribution in [0.3, 0.4) is 0 Å². The van der Waals surface area contributed by atoms with Crippen LogP contribution in [0.25, 0.3) is 0 Å². The van der Waals surface area contributed by atoms with E-state index in [2.05, 4.69) is 6.92 Å². The molecule has 0 amide bonds. The van der Waals surface area contributed by atoms with Crippen LogP contribution in [0.4, 0.5) is 0 Å². The number of aliphatic carboxylic acids is 2. The Morgan fingerprint density at radius 3 is 2.04 bits per heavy atom. The Bertz CT molecular complexity index is 1710. The van der Waals surface area contributed by atoms with Crippen LogP contribution >= 0.6 is 0 Å². The van der Waals surface area contributed by atoms with Gasteiger partial charge in [-0.1, -0.05) is 25.0 Å². The molecule has 10 nitrogen and oxygen atoms in total. The van der Waals surface area contributed by atoms with Crippen LogP contribution in [-0.4, -0.2) is 60.4 Å². The molecule has 4 aliphatic rings. The molecule has 2 aromatic rings. The first-order valence-electron chi connectivity index (χ1n) is 18.0. The minimum absolute atomic E-state index is 0.000267. The maximum absolute atomic E-state index is 11.9. The summed E-state index contributed by atoms with van der Waals surface area (Å²) in [5.74, 6) is -1.35. The number of aliphatic hydroxyl groups is 2. The van der Waals surface area contributed by atoms with Gasteiger partial charge in [-0.2, -0.15) is 0 Å². The highest BCUT2D eigenvalue weighted by Crippen LogP contribution is 2.56. The number of aryl methyl sites for hydroxylation is 1. The largest absolute Gasteiger partial charge is 0.507 e. The number of unbranched alkanes of at least 4 members (excludes halogenated alkanes) is 2. The van der Waals surface area contributed by atoms with Gasteiger partial charge in [-0.3, -0.25) is 0 Å². The number of fused-ring (bicyclic) bond motifs is 6. The number of carboxylic acids is 2. The Kier molecular flexibility index (Phi) is 9.98. The highest BCUT2D eigenvalue weighted by molar-refractivity contribution is 5.87. The second-order valence-corrected chi connectivity index (χ2v) is 15.4. The average Bonchev–Trinajstić information content (AvgIpc) is 3.05. The maximum atomic E-state index is 11.9. The van der Waals surface area contributed by atoms with Crippen LogP contribution in [-0.2, 0) is 16.0 Å². The van der Waals surface area contributed by atoms with Crippen molar-refractivity contribution in [1.82, 2.24) is 0 Å². The molecule has 0 aromatic heterocycles. The smallest absolute Gasteiger partial charge is 0.331 e. The fourth-order valence-corrected chi connectivity index (χ4v) is 9.04. The van der Waals surface area contributed by atoms with Gasteiger partial charge in [-0.05, 0) is 114 Å². The molecule has 6 N–H and O–H groups in total. The monoisotopic (exact) mass is 690 g/mol. The second kappa shape index (κ2) is 13.9. The van der Waals surface area contributed by atoms with Gasteiger partial charge in [0.25, 0.3) is 0 Å². The molecule has 270 valence electrons. The number of aromatic hydroxyl groups is 2. The lowest BCUT2D eigenvalue weighted by atomic mass is 9.65. The molecular formula is C40H50O10. The van der Waals surface area contributed by atoms with Gasteiger partial charge in [0.15, 0.2) is 0 Å². The van der Waals surface area contributed by atoms with Gasteiger partial charge in [0.05, 0.1) is 6.10 Å². The molecule has 2 aromatic carbocycles. The number of phenols is 2. The third-order valence-corrected chi connectivity index (χ3v) is 11.7.